The van der Waals surface area contributed by atoms with Crippen LogP contribution >= 0.6 is 0 Å². The number of rotatable bonds is 8. The molecule has 2 amide bonds. The molecular formula is C20H22F7N5O3. The summed E-state index contributed by atoms with van der Waals surface area (Å²) in [6, 6.07) is 0.226. The van der Waals surface area contributed by atoms with Crippen LogP contribution in [0.4, 0.5) is 35.5 Å². The molecule has 0 bridgehead atoms. The number of hydrogen-bond acceptors (Lipinski definition) is 4. The van der Waals surface area contributed by atoms with Gasteiger partial charge in [0.1, 0.15) is 6.54 Å². The minimum Gasteiger partial charge on any atom is -0.465 e. The van der Waals surface area contributed by atoms with E-state index in [0.29, 0.717) is 0 Å². The highest BCUT2D eigenvalue weighted by molar-refractivity contribution is 5.83. The number of alkyl halides is 7. The third-order valence-corrected chi connectivity index (χ3v) is 5.79. The first-order valence-corrected chi connectivity index (χ1v) is 10.6. The summed E-state index contributed by atoms with van der Waals surface area (Å²) in [7, 11) is 0. The maximum absolute atomic E-state index is 13.6. The van der Waals surface area contributed by atoms with E-state index in [4.69, 9.17) is 0 Å². The molecule has 3 rings (SSSR count). The summed E-state index contributed by atoms with van der Waals surface area (Å²) in [6.45, 7) is -1.70. The van der Waals surface area contributed by atoms with Gasteiger partial charge in [-0.05, 0) is 30.4 Å². The van der Waals surface area contributed by atoms with Crippen molar-refractivity contribution in [2.75, 3.05) is 6.54 Å². The van der Waals surface area contributed by atoms with E-state index in [-0.39, 0.29) is 29.7 Å². The zero-order valence-electron chi connectivity index (χ0n) is 18.0. The molecule has 8 nitrogen and oxygen atoms in total. The van der Waals surface area contributed by atoms with E-state index < -0.39 is 74.2 Å². The van der Waals surface area contributed by atoms with Gasteiger partial charge in [0.2, 0.25) is 18.3 Å². The van der Waals surface area contributed by atoms with Gasteiger partial charge in [-0.2, -0.15) is 18.3 Å². The number of carboxylic acid groups (broad SMARTS) is 1. The third-order valence-electron chi connectivity index (χ3n) is 5.79. The molecule has 35 heavy (non-hydrogen) atoms. The van der Waals surface area contributed by atoms with Crippen LogP contribution in [0, 0.1) is 5.92 Å². The minimum atomic E-state index is -4.74. The molecule has 2 heterocycles. The standard InChI is InChI=1S/C20H22F7N5O3/c21-14(22)6-12(17(33)28-9-20(25,26)27)11-5-15-30-13(8-32(15)29-7-11)16(31-18(34)35)10-1-3-19(23,24)4-2-10/h5,7-8,10,12,14,16,31H,1-4,6,9H2,(H,28,33)(H,34,35)/t12?,16-/m0/s1. The fourth-order valence-corrected chi connectivity index (χ4v) is 4.10. The first kappa shape index (κ1) is 26.5. The van der Waals surface area contributed by atoms with Crippen LogP contribution in [0.25, 0.3) is 5.65 Å². The molecule has 1 saturated carbocycles. The summed E-state index contributed by atoms with van der Waals surface area (Å²) < 4.78 is 91.7. The van der Waals surface area contributed by atoms with Crippen LogP contribution in [0.1, 0.15) is 55.3 Å². The van der Waals surface area contributed by atoms with Gasteiger partial charge < -0.3 is 15.7 Å². The molecule has 0 spiro atoms. The summed E-state index contributed by atoms with van der Waals surface area (Å²) in [5.74, 6) is -6.25. The highest BCUT2D eigenvalue weighted by Crippen LogP contribution is 2.41. The number of imidazole rings is 1. The maximum Gasteiger partial charge on any atom is 0.405 e. The molecule has 2 aromatic rings. The second-order valence-electron chi connectivity index (χ2n) is 8.39. The van der Waals surface area contributed by atoms with Gasteiger partial charge in [0, 0.05) is 19.3 Å². The number of carbonyl (C=O) groups excluding carboxylic acids is 1. The molecule has 1 aliphatic carbocycles. The van der Waals surface area contributed by atoms with Crippen LogP contribution in [0.5, 0.6) is 0 Å². The second kappa shape index (κ2) is 10.2. The van der Waals surface area contributed by atoms with Crippen molar-refractivity contribution in [3.63, 3.8) is 0 Å². The molecule has 3 N–H and O–H groups in total. The second-order valence-corrected chi connectivity index (χ2v) is 8.39. The summed E-state index contributed by atoms with van der Waals surface area (Å²) >= 11 is 0. The zero-order valence-corrected chi connectivity index (χ0v) is 18.0. The van der Waals surface area contributed by atoms with E-state index in [1.807, 2.05) is 0 Å². The molecule has 15 heteroatoms. The average Bonchev–Trinajstić information content (AvgIpc) is 3.16. The van der Waals surface area contributed by atoms with Crippen molar-refractivity contribution in [2.24, 2.45) is 5.92 Å². The fraction of sp³-hybridized carbons (Fsp3) is 0.600. The van der Waals surface area contributed by atoms with Crippen LogP contribution in [-0.2, 0) is 4.79 Å². The Morgan fingerprint density at radius 2 is 1.89 bits per heavy atom. The average molecular weight is 513 g/mol. The number of aromatic nitrogens is 3. The molecule has 1 aliphatic rings. The highest BCUT2D eigenvalue weighted by atomic mass is 19.4. The van der Waals surface area contributed by atoms with E-state index >= 15 is 0 Å². The molecule has 1 fully saturated rings. The lowest BCUT2D eigenvalue weighted by Gasteiger charge is -2.32. The van der Waals surface area contributed by atoms with Crippen molar-refractivity contribution in [2.45, 2.75) is 62.6 Å². The molecule has 0 saturated heterocycles. The Hall–Kier alpha value is -3.13. The van der Waals surface area contributed by atoms with Crippen molar-refractivity contribution in [3.05, 3.63) is 29.7 Å². The van der Waals surface area contributed by atoms with Gasteiger partial charge in [-0.25, -0.2) is 31.9 Å². The Kier molecular flexibility index (Phi) is 7.74. The van der Waals surface area contributed by atoms with Crippen LogP contribution in [-0.4, -0.2) is 56.8 Å². The summed E-state index contributed by atoms with van der Waals surface area (Å²) in [4.78, 5) is 27.8. The fourth-order valence-electron chi connectivity index (χ4n) is 4.10. The van der Waals surface area contributed by atoms with Crippen molar-refractivity contribution < 1.29 is 45.4 Å². The molecule has 194 valence electrons. The van der Waals surface area contributed by atoms with Gasteiger partial charge in [-0.15, -0.1) is 0 Å². The quantitative estimate of drug-likeness (QED) is 0.457. The maximum atomic E-state index is 13.6. The Morgan fingerprint density at radius 1 is 1.23 bits per heavy atom. The number of nitrogens with zero attached hydrogens (tertiary/aromatic N) is 3. The van der Waals surface area contributed by atoms with Crippen molar-refractivity contribution in [3.8, 4) is 0 Å². The number of fused-ring (bicyclic) bond motifs is 1. The SMILES string of the molecule is O=C(O)N[C@H](c1cn2ncc(C(CC(F)F)C(=O)NCC(F)(F)F)cc2n1)C1CCC(F)(F)CC1. The smallest absolute Gasteiger partial charge is 0.405 e. The van der Waals surface area contributed by atoms with Crippen LogP contribution in [0.3, 0.4) is 0 Å². The largest absolute Gasteiger partial charge is 0.465 e. The number of halogens is 7. The third kappa shape index (κ3) is 7.18. The number of hydrogen-bond donors (Lipinski definition) is 3. The Labute approximate surface area is 193 Å². The van der Waals surface area contributed by atoms with Gasteiger partial charge in [0.05, 0.1) is 30.0 Å². The molecular weight excluding hydrogens is 491 g/mol. The van der Waals surface area contributed by atoms with Gasteiger partial charge in [-0.3, -0.25) is 4.79 Å². The molecule has 0 aromatic carbocycles. The molecule has 0 aliphatic heterocycles. The Balaban J connectivity index is 1.89. The molecule has 0 radical (unpaired) electrons. The Bertz CT molecular complexity index is 1050. The monoisotopic (exact) mass is 513 g/mol. The normalized spacial score (nSPS) is 18.4. The summed E-state index contributed by atoms with van der Waals surface area (Å²) in [5, 5.41) is 17.0. The summed E-state index contributed by atoms with van der Waals surface area (Å²) in [5.41, 5.74) is 0.0348. The van der Waals surface area contributed by atoms with Crippen molar-refractivity contribution in [1.29, 1.82) is 0 Å². The van der Waals surface area contributed by atoms with E-state index in [2.05, 4.69) is 15.4 Å². The lowest BCUT2D eigenvalue weighted by molar-refractivity contribution is -0.139. The van der Waals surface area contributed by atoms with E-state index in [1.54, 1.807) is 5.32 Å². The number of nitrogens with one attached hydrogen (secondary N) is 2. The van der Waals surface area contributed by atoms with Crippen LogP contribution in [0.2, 0.25) is 0 Å². The minimum absolute atomic E-state index is 0.0127. The topological polar surface area (TPSA) is 109 Å². The van der Waals surface area contributed by atoms with Crippen molar-refractivity contribution >= 4 is 17.6 Å². The van der Waals surface area contributed by atoms with E-state index in [0.717, 1.165) is 6.20 Å². The molecule has 1 unspecified atom stereocenters. The van der Waals surface area contributed by atoms with Gasteiger partial charge in [0.25, 0.3) is 0 Å². The number of amides is 2. The predicted molar refractivity (Wildman–Crippen MR) is 106 cm³/mol. The zero-order chi connectivity index (χ0) is 26.0. The van der Waals surface area contributed by atoms with Crippen molar-refractivity contribution in [1.82, 2.24) is 25.2 Å². The predicted octanol–water partition coefficient (Wildman–Crippen LogP) is 4.28. The summed E-state index contributed by atoms with van der Waals surface area (Å²) in [6.07, 6.45) is -8.64. The lowest BCUT2D eigenvalue weighted by Crippen LogP contribution is -2.37. The highest BCUT2D eigenvalue weighted by Gasteiger charge is 2.39. The van der Waals surface area contributed by atoms with Crippen LogP contribution < -0.4 is 10.6 Å². The van der Waals surface area contributed by atoms with Gasteiger partial charge >= 0.3 is 12.3 Å². The number of carbonyl (C=O) groups is 2. The molecule has 2 atom stereocenters. The van der Waals surface area contributed by atoms with Crippen LogP contribution in [0.15, 0.2) is 18.5 Å². The first-order chi connectivity index (χ1) is 16.2. The van der Waals surface area contributed by atoms with E-state index in [1.165, 1.54) is 16.8 Å². The lowest BCUT2D eigenvalue weighted by atomic mass is 9.81. The first-order valence-electron chi connectivity index (χ1n) is 10.6. The van der Waals surface area contributed by atoms with Gasteiger partial charge in [-0.1, -0.05) is 0 Å². The van der Waals surface area contributed by atoms with Gasteiger partial charge in [0.15, 0.2) is 5.65 Å². The molecule has 2 aromatic heterocycles. The Morgan fingerprint density at radius 3 is 2.46 bits per heavy atom. The van der Waals surface area contributed by atoms with E-state index in [9.17, 15) is 45.4 Å².